The summed E-state index contributed by atoms with van der Waals surface area (Å²) in [4.78, 5) is 24.6. The monoisotopic (exact) mass is 409 g/mol. The fourth-order valence-electron chi connectivity index (χ4n) is 2.87. The summed E-state index contributed by atoms with van der Waals surface area (Å²) in [6, 6.07) is 3.26. The molecule has 28 heavy (non-hydrogen) atoms. The van der Waals surface area contributed by atoms with Gasteiger partial charge in [-0.2, -0.15) is 17.7 Å². The Labute approximate surface area is 170 Å². The summed E-state index contributed by atoms with van der Waals surface area (Å²) in [5, 5.41) is 23.4. The van der Waals surface area contributed by atoms with Gasteiger partial charge in [0.2, 0.25) is 5.91 Å². The molecule has 0 bridgehead atoms. The van der Waals surface area contributed by atoms with Crippen molar-refractivity contribution in [2.75, 3.05) is 25.1 Å². The van der Waals surface area contributed by atoms with E-state index in [9.17, 15) is 14.7 Å². The molecule has 0 unspecified atom stereocenters. The van der Waals surface area contributed by atoms with E-state index in [1.807, 2.05) is 25.8 Å². The van der Waals surface area contributed by atoms with Crippen molar-refractivity contribution < 1.29 is 24.5 Å². The van der Waals surface area contributed by atoms with Gasteiger partial charge in [-0.05, 0) is 6.42 Å². The van der Waals surface area contributed by atoms with Crippen LogP contribution in [-0.4, -0.2) is 52.7 Å². The summed E-state index contributed by atoms with van der Waals surface area (Å²) in [7, 11) is 1.89. The highest BCUT2D eigenvalue weighted by Gasteiger charge is 2.25. The minimum atomic E-state index is -0.874. The van der Waals surface area contributed by atoms with E-state index >= 15 is 0 Å². The number of amides is 1. The number of nitrogens with one attached hydrogen (secondary N) is 1. The first-order valence-corrected chi connectivity index (χ1v) is 9.52. The number of hydrogen-bond acceptors (Lipinski definition) is 7. The Morgan fingerprint density at radius 2 is 2.11 bits per heavy atom. The van der Waals surface area contributed by atoms with Crippen LogP contribution in [-0.2, 0) is 9.59 Å². The van der Waals surface area contributed by atoms with Gasteiger partial charge in [-0.15, -0.1) is 0 Å². The van der Waals surface area contributed by atoms with Crippen LogP contribution in [0.1, 0.15) is 45.1 Å². The molecule has 1 aliphatic heterocycles. The van der Waals surface area contributed by atoms with Gasteiger partial charge in [-0.1, -0.05) is 13.8 Å². The molecule has 2 rings (SSSR count). The molecule has 8 nitrogen and oxygen atoms in total. The van der Waals surface area contributed by atoms with E-state index in [1.54, 1.807) is 6.07 Å². The van der Waals surface area contributed by atoms with E-state index in [4.69, 9.17) is 9.84 Å². The van der Waals surface area contributed by atoms with Gasteiger partial charge in [0.1, 0.15) is 11.5 Å². The number of carboxylic acids is 1. The van der Waals surface area contributed by atoms with Gasteiger partial charge in [0, 0.05) is 49.7 Å². The van der Waals surface area contributed by atoms with Crippen LogP contribution in [0.25, 0.3) is 0 Å². The topological polar surface area (TPSA) is 111 Å². The molecule has 0 fully saturated rings. The van der Waals surface area contributed by atoms with E-state index in [0.717, 1.165) is 5.69 Å². The van der Waals surface area contributed by atoms with E-state index in [0.29, 0.717) is 36.4 Å². The lowest BCUT2D eigenvalue weighted by Crippen LogP contribution is -2.31. The van der Waals surface area contributed by atoms with Crippen molar-refractivity contribution in [1.82, 2.24) is 5.43 Å². The summed E-state index contributed by atoms with van der Waals surface area (Å²) in [6.45, 7) is 4.60. The molecule has 0 radical (unpaired) electrons. The zero-order valence-electron chi connectivity index (χ0n) is 16.4. The summed E-state index contributed by atoms with van der Waals surface area (Å²) in [5.41, 5.74) is 4.42. The second-order valence-electron chi connectivity index (χ2n) is 7.44. The van der Waals surface area contributed by atoms with Gasteiger partial charge in [-0.3, -0.25) is 9.59 Å². The van der Waals surface area contributed by atoms with Crippen LogP contribution in [0, 0.1) is 0 Å². The van der Waals surface area contributed by atoms with Crippen LogP contribution in [0.3, 0.4) is 0 Å². The van der Waals surface area contributed by atoms with Crippen molar-refractivity contribution in [3.8, 4) is 11.5 Å². The first-order chi connectivity index (χ1) is 13.1. The number of anilines is 1. The third-order valence-corrected chi connectivity index (χ3v) is 4.32. The third-order valence-electron chi connectivity index (χ3n) is 4.17. The van der Waals surface area contributed by atoms with Gasteiger partial charge in [-0.25, -0.2) is 5.43 Å². The summed E-state index contributed by atoms with van der Waals surface area (Å²) >= 11 is 4.34. The standard InChI is InChI=1S/C19H27N3O5S/c1-19(2,28)11-16(24)21-20-13-6-7-22(3)14-9-12(10-15(23)18(13)14)27-8-4-5-17(25)26/h9-10,23,28H,4-8,11H2,1-3H3,(H,21,24)(H,25,26)/b20-13+. The average Bonchev–Trinajstić information content (AvgIpc) is 2.57. The predicted molar refractivity (Wildman–Crippen MR) is 111 cm³/mol. The number of aliphatic carboxylic acids is 1. The minimum absolute atomic E-state index is 0.000177. The highest BCUT2D eigenvalue weighted by atomic mass is 32.1. The van der Waals surface area contributed by atoms with Crippen molar-refractivity contribution in [3.05, 3.63) is 17.7 Å². The van der Waals surface area contributed by atoms with Crippen LogP contribution in [0.5, 0.6) is 11.5 Å². The number of fused-ring (bicyclic) bond motifs is 1. The number of thiol groups is 1. The molecule has 3 N–H and O–H groups in total. The molecule has 1 heterocycles. The second-order valence-corrected chi connectivity index (χ2v) is 8.65. The molecular weight excluding hydrogens is 382 g/mol. The van der Waals surface area contributed by atoms with Crippen LogP contribution < -0.4 is 15.1 Å². The molecule has 1 amide bonds. The van der Waals surface area contributed by atoms with Crippen molar-refractivity contribution in [3.63, 3.8) is 0 Å². The van der Waals surface area contributed by atoms with Gasteiger partial charge >= 0.3 is 5.97 Å². The van der Waals surface area contributed by atoms with E-state index in [-0.39, 0.29) is 31.1 Å². The lowest BCUT2D eigenvalue weighted by atomic mass is 9.98. The average molecular weight is 410 g/mol. The predicted octanol–water partition coefficient (Wildman–Crippen LogP) is 2.39. The molecule has 0 aliphatic carbocycles. The Hall–Kier alpha value is -2.42. The number of ether oxygens (including phenoxy) is 1. The smallest absolute Gasteiger partial charge is 0.303 e. The highest BCUT2D eigenvalue weighted by Crippen LogP contribution is 2.37. The number of phenolic OH excluding ortho intramolecular Hbond substituents is 1. The molecule has 0 atom stereocenters. The molecule has 1 aromatic rings. The van der Waals surface area contributed by atoms with Gasteiger partial charge in [0.05, 0.1) is 23.6 Å². The molecule has 1 aromatic carbocycles. The molecule has 9 heteroatoms. The van der Waals surface area contributed by atoms with Crippen molar-refractivity contribution in [2.45, 2.75) is 44.3 Å². The number of aromatic hydroxyl groups is 1. The maximum absolute atomic E-state index is 12.0. The fourth-order valence-corrected chi connectivity index (χ4v) is 3.02. The molecule has 1 aliphatic rings. The van der Waals surface area contributed by atoms with Crippen molar-refractivity contribution in [1.29, 1.82) is 0 Å². The molecule has 0 spiro atoms. The summed E-state index contributed by atoms with van der Waals surface area (Å²) < 4.78 is 5.13. The first-order valence-electron chi connectivity index (χ1n) is 9.08. The Morgan fingerprint density at radius 1 is 1.39 bits per heavy atom. The van der Waals surface area contributed by atoms with E-state index in [1.165, 1.54) is 6.07 Å². The molecule has 0 aromatic heterocycles. The third kappa shape index (κ3) is 6.33. The molecule has 0 saturated carbocycles. The summed E-state index contributed by atoms with van der Waals surface area (Å²) in [5.74, 6) is -0.665. The van der Waals surface area contributed by atoms with Crippen LogP contribution in [0.15, 0.2) is 17.2 Å². The normalized spacial score (nSPS) is 15.3. The number of hydrazone groups is 1. The lowest BCUT2D eigenvalue weighted by molar-refractivity contribution is -0.137. The molecular formula is C19H27N3O5S. The number of rotatable bonds is 8. The number of hydrogen-bond donors (Lipinski definition) is 4. The van der Waals surface area contributed by atoms with E-state index in [2.05, 4.69) is 23.2 Å². The van der Waals surface area contributed by atoms with E-state index < -0.39 is 10.7 Å². The lowest BCUT2D eigenvalue weighted by Gasteiger charge is -2.29. The number of phenols is 1. The first kappa shape index (κ1) is 21.9. The Morgan fingerprint density at radius 3 is 2.75 bits per heavy atom. The maximum Gasteiger partial charge on any atom is 0.303 e. The Bertz CT molecular complexity index is 774. The fraction of sp³-hybridized carbons (Fsp3) is 0.526. The number of carbonyl (C=O) groups is 2. The highest BCUT2D eigenvalue weighted by molar-refractivity contribution is 7.81. The van der Waals surface area contributed by atoms with Crippen LogP contribution in [0.2, 0.25) is 0 Å². The number of carbonyl (C=O) groups excluding carboxylic acids is 1. The SMILES string of the molecule is CN1CC/C(=N\NC(=O)CC(C)(C)S)c2c(O)cc(OCCCC(=O)O)cc21. The molecule has 154 valence electrons. The van der Waals surface area contributed by atoms with Crippen molar-refractivity contribution in [2.24, 2.45) is 5.10 Å². The van der Waals surface area contributed by atoms with Crippen LogP contribution >= 0.6 is 12.6 Å². The van der Waals surface area contributed by atoms with Gasteiger partial charge in [0.25, 0.3) is 0 Å². The largest absolute Gasteiger partial charge is 0.507 e. The van der Waals surface area contributed by atoms with Gasteiger partial charge in [0.15, 0.2) is 0 Å². The number of benzene rings is 1. The number of carboxylic acid groups (broad SMARTS) is 1. The van der Waals surface area contributed by atoms with Crippen LogP contribution in [0.4, 0.5) is 5.69 Å². The quantitative estimate of drug-likeness (QED) is 0.298. The maximum atomic E-state index is 12.0. The Balaban J connectivity index is 2.16. The Kier molecular flexibility index (Phi) is 7.17. The summed E-state index contributed by atoms with van der Waals surface area (Å²) in [6.07, 6.45) is 1.19. The zero-order valence-corrected chi connectivity index (χ0v) is 17.3. The number of nitrogens with zero attached hydrogens (tertiary/aromatic N) is 2. The van der Waals surface area contributed by atoms with Gasteiger partial charge < -0.3 is 19.8 Å². The molecule has 0 saturated heterocycles. The minimum Gasteiger partial charge on any atom is -0.507 e. The second kappa shape index (κ2) is 9.18. The zero-order chi connectivity index (χ0) is 20.9. The van der Waals surface area contributed by atoms with Crippen molar-refractivity contribution >= 4 is 35.9 Å².